The predicted octanol–water partition coefficient (Wildman–Crippen LogP) is 6.43. The number of carbonyl (C=O) groups is 2. The number of aryl methyl sites for hydroxylation is 2. The van der Waals surface area contributed by atoms with Gasteiger partial charge in [-0.3, -0.25) is 9.48 Å². The Balaban J connectivity index is 1.57. The summed E-state index contributed by atoms with van der Waals surface area (Å²) in [7, 11) is 3.25. The second kappa shape index (κ2) is 15.9. The van der Waals surface area contributed by atoms with Gasteiger partial charge in [-0.05, 0) is 78.5 Å². The lowest BCUT2D eigenvalue weighted by molar-refractivity contribution is -0.142. The van der Waals surface area contributed by atoms with Crippen molar-refractivity contribution in [2.75, 3.05) is 19.1 Å². The second-order valence-electron chi connectivity index (χ2n) is 11.1. The van der Waals surface area contributed by atoms with E-state index in [4.69, 9.17) is 9.47 Å². The van der Waals surface area contributed by atoms with E-state index in [1.807, 2.05) is 62.7 Å². The molecular formula is C33H44N4O4S. The summed E-state index contributed by atoms with van der Waals surface area (Å²) in [4.78, 5) is 30.5. The zero-order valence-electron chi connectivity index (χ0n) is 25.3. The molecule has 0 radical (unpaired) electrons. The molecule has 0 spiro atoms. The number of methoxy groups -OCH3 is 1. The van der Waals surface area contributed by atoms with Gasteiger partial charge >= 0.3 is 5.97 Å². The molecule has 1 fully saturated rings. The highest BCUT2D eigenvalue weighted by molar-refractivity contribution is 7.98. The first-order valence-corrected chi connectivity index (χ1v) is 16.3. The van der Waals surface area contributed by atoms with Crippen molar-refractivity contribution in [3.63, 3.8) is 0 Å². The highest BCUT2D eigenvalue weighted by atomic mass is 32.2. The quantitative estimate of drug-likeness (QED) is 0.216. The standard InChI is InChI=1S/C33H44N4O4S/c1-23-10-8-9-13-26(23)28-20-25(14-16-27(28)32(38)36-29(18-19-42-4)33(39)40-3)21-41-30(31-34-22-35-37(31)2)17-15-24-11-6-5-7-12-24/h8-10,13-14,16,20,22,24,29-30H,5-7,11-12,15,17-19,21H2,1-4H3,(H,36,38)/t29-,30?/m0/s1. The van der Waals surface area contributed by atoms with Crippen molar-refractivity contribution in [2.24, 2.45) is 13.0 Å². The third-order valence-electron chi connectivity index (χ3n) is 8.21. The smallest absolute Gasteiger partial charge is 0.328 e. The molecule has 8 nitrogen and oxygen atoms in total. The van der Waals surface area contributed by atoms with Crippen LogP contribution in [-0.4, -0.2) is 51.8 Å². The van der Waals surface area contributed by atoms with Crippen molar-refractivity contribution in [3.8, 4) is 11.1 Å². The van der Waals surface area contributed by atoms with Crippen LogP contribution in [0.2, 0.25) is 0 Å². The van der Waals surface area contributed by atoms with Gasteiger partial charge in [-0.15, -0.1) is 0 Å². The Morgan fingerprint density at radius 1 is 1.10 bits per heavy atom. The molecule has 1 amide bonds. The van der Waals surface area contributed by atoms with Gasteiger partial charge in [0.2, 0.25) is 0 Å². The summed E-state index contributed by atoms with van der Waals surface area (Å²) in [6.45, 7) is 2.41. The first-order chi connectivity index (χ1) is 20.4. The van der Waals surface area contributed by atoms with Crippen molar-refractivity contribution >= 4 is 23.6 Å². The maximum atomic E-state index is 13.6. The number of carbonyl (C=O) groups excluding carboxylic acids is 2. The molecule has 9 heteroatoms. The Bertz CT molecular complexity index is 1320. The Morgan fingerprint density at radius 2 is 1.88 bits per heavy atom. The van der Waals surface area contributed by atoms with E-state index < -0.39 is 12.0 Å². The number of nitrogens with zero attached hydrogens (tertiary/aromatic N) is 3. The summed E-state index contributed by atoms with van der Waals surface area (Å²) in [5, 5.41) is 7.20. The fraction of sp³-hybridized carbons (Fsp3) is 0.515. The Morgan fingerprint density at radius 3 is 2.57 bits per heavy atom. The average Bonchev–Trinajstić information content (AvgIpc) is 3.44. The maximum absolute atomic E-state index is 13.6. The number of rotatable bonds is 14. The predicted molar refractivity (Wildman–Crippen MR) is 167 cm³/mol. The van der Waals surface area contributed by atoms with Gasteiger partial charge in [-0.2, -0.15) is 16.9 Å². The molecule has 226 valence electrons. The maximum Gasteiger partial charge on any atom is 0.328 e. The number of hydrogen-bond donors (Lipinski definition) is 1. The summed E-state index contributed by atoms with van der Waals surface area (Å²) in [6, 6.07) is 13.1. The van der Waals surface area contributed by atoms with E-state index in [9.17, 15) is 9.59 Å². The number of nitrogens with one attached hydrogen (secondary N) is 1. The molecule has 1 aliphatic carbocycles. The normalized spacial score (nSPS) is 15.2. The average molecular weight is 593 g/mol. The zero-order chi connectivity index (χ0) is 29.9. The molecule has 1 heterocycles. The lowest BCUT2D eigenvalue weighted by Crippen LogP contribution is -2.42. The van der Waals surface area contributed by atoms with Gasteiger partial charge in [-0.1, -0.05) is 62.4 Å². The molecule has 0 saturated heterocycles. The number of aromatic nitrogens is 3. The van der Waals surface area contributed by atoms with Crippen LogP contribution in [0.4, 0.5) is 0 Å². The highest BCUT2D eigenvalue weighted by Crippen LogP contribution is 2.33. The Hall–Kier alpha value is -3.17. The van der Waals surface area contributed by atoms with Crippen LogP contribution in [0, 0.1) is 12.8 Å². The summed E-state index contributed by atoms with van der Waals surface area (Å²) in [6.07, 6.45) is 12.5. The monoisotopic (exact) mass is 592 g/mol. The highest BCUT2D eigenvalue weighted by Gasteiger charge is 2.25. The topological polar surface area (TPSA) is 95.3 Å². The van der Waals surface area contributed by atoms with Gasteiger partial charge in [0.05, 0.1) is 13.7 Å². The first kappa shape index (κ1) is 31.8. The minimum atomic E-state index is -0.709. The van der Waals surface area contributed by atoms with E-state index in [2.05, 4.69) is 15.4 Å². The van der Waals surface area contributed by atoms with E-state index in [-0.39, 0.29) is 12.0 Å². The zero-order valence-corrected chi connectivity index (χ0v) is 26.1. The van der Waals surface area contributed by atoms with Gasteiger partial charge in [0.25, 0.3) is 5.91 Å². The molecule has 42 heavy (non-hydrogen) atoms. The molecule has 3 aromatic rings. The molecule has 2 aromatic carbocycles. The summed E-state index contributed by atoms with van der Waals surface area (Å²) in [5.41, 5.74) is 4.29. The molecule has 0 bridgehead atoms. The molecule has 4 rings (SSSR count). The van der Waals surface area contributed by atoms with Crippen LogP contribution in [0.25, 0.3) is 11.1 Å². The van der Waals surface area contributed by atoms with Crippen LogP contribution >= 0.6 is 11.8 Å². The number of ether oxygens (including phenoxy) is 2. The van der Waals surface area contributed by atoms with Crippen LogP contribution in [-0.2, 0) is 27.9 Å². The number of esters is 1. The van der Waals surface area contributed by atoms with E-state index in [1.54, 1.807) is 22.8 Å². The fourth-order valence-electron chi connectivity index (χ4n) is 5.78. The van der Waals surface area contributed by atoms with Gasteiger partial charge < -0.3 is 14.8 Å². The molecule has 1 unspecified atom stereocenters. The molecule has 1 aliphatic rings. The third-order valence-corrected chi connectivity index (χ3v) is 8.86. The van der Waals surface area contributed by atoms with Crippen LogP contribution in [0.3, 0.4) is 0 Å². The minimum Gasteiger partial charge on any atom is -0.467 e. The van der Waals surface area contributed by atoms with Crippen LogP contribution < -0.4 is 5.32 Å². The third kappa shape index (κ3) is 8.44. The van der Waals surface area contributed by atoms with Crippen LogP contribution in [0.15, 0.2) is 48.8 Å². The summed E-state index contributed by atoms with van der Waals surface area (Å²) in [5.74, 6) is 1.56. The Kier molecular flexibility index (Phi) is 12.0. The lowest BCUT2D eigenvalue weighted by Gasteiger charge is -2.24. The van der Waals surface area contributed by atoms with Crippen molar-refractivity contribution in [1.29, 1.82) is 0 Å². The van der Waals surface area contributed by atoms with Crippen molar-refractivity contribution < 1.29 is 19.1 Å². The SMILES string of the molecule is COC(=O)[C@H](CCSC)NC(=O)c1ccc(COC(CCC2CCCCC2)c2ncnn2C)cc1-c1ccccc1C. The molecule has 1 aromatic heterocycles. The molecule has 1 saturated carbocycles. The minimum absolute atomic E-state index is 0.165. The van der Waals surface area contributed by atoms with E-state index in [0.717, 1.165) is 52.6 Å². The van der Waals surface area contributed by atoms with Crippen LogP contribution in [0.5, 0.6) is 0 Å². The number of hydrogen-bond acceptors (Lipinski definition) is 7. The molecule has 2 atom stereocenters. The first-order valence-electron chi connectivity index (χ1n) is 14.9. The largest absolute Gasteiger partial charge is 0.467 e. The number of thioether (sulfide) groups is 1. The molecule has 1 N–H and O–H groups in total. The van der Waals surface area contributed by atoms with Gasteiger partial charge in [-0.25, -0.2) is 9.78 Å². The van der Waals surface area contributed by atoms with Gasteiger partial charge in [0.1, 0.15) is 18.5 Å². The van der Waals surface area contributed by atoms with E-state index >= 15 is 0 Å². The molecular weight excluding hydrogens is 548 g/mol. The number of amides is 1. The van der Waals surface area contributed by atoms with E-state index in [0.29, 0.717) is 18.6 Å². The van der Waals surface area contributed by atoms with Crippen molar-refractivity contribution in [2.45, 2.75) is 77.0 Å². The molecule has 0 aliphatic heterocycles. The fourth-order valence-corrected chi connectivity index (χ4v) is 6.25. The van der Waals surface area contributed by atoms with Crippen LogP contribution in [0.1, 0.15) is 84.8 Å². The van der Waals surface area contributed by atoms with Gasteiger partial charge in [0.15, 0.2) is 5.82 Å². The van der Waals surface area contributed by atoms with Crippen molar-refractivity contribution in [1.82, 2.24) is 20.1 Å². The van der Waals surface area contributed by atoms with E-state index in [1.165, 1.54) is 39.2 Å². The second-order valence-corrected chi connectivity index (χ2v) is 12.1. The summed E-state index contributed by atoms with van der Waals surface area (Å²) < 4.78 is 13.3. The lowest BCUT2D eigenvalue weighted by atomic mass is 9.85. The Labute approximate surface area is 254 Å². The van der Waals surface area contributed by atoms with Gasteiger partial charge in [0, 0.05) is 12.6 Å². The summed E-state index contributed by atoms with van der Waals surface area (Å²) >= 11 is 1.62. The number of benzene rings is 2. The van der Waals surface area contributed by atoms with Crippen molar-refractivity contribution in [3.05, 3.63) is 71.3 Å².